The number of aliphatic hydroxyl groups is 1. The van der Waals surface area contributed by atoms with Crippen LogP contribution in [0.1, 0.15) is 39.5 Å². The second kappa shape index (κ2) is 4.43. The van der Waals surface area contributed by atoms with Gasteiger partial charge in [0.15, 0.2) is 0 Å². The van der Waals surface area contributed by atoms with Crippen molar-refractivity contribution in [2.75, 3.05) is 13.7 Å². The zero-order valence-corrected chi connectivity index (χ0v) is 9.05. The van der Waals surface area contributed by atoms with Crippen LogP contribution in [-0.2, 0) is 4.74 Å². The van der Waals surface area contributed by atoms with E-state index in [1.165, 1.54) is 12.8 Å². The van der Waals surface area contributed by atoms with Crippen molar-refractivity contribution in [3.05, 3.63) is 0 Å². The maximum Gasteiger partial charge on any atom is 0.0911 e. The molecule has 78 valence electrons. The Hall–Kier alpha value is -0.0800. The van der Waals surface area contributed by atoms with Gasteiger partial charge in [-0.05, 0) is 31.1 Å². The molecule has 1 N–H and O–H groups in total. The number of rotatable bonds is 3. The van der Waals surface area contributed by atoms with Crippen LogP contribution in [0.3, 0.4) is 0 Å². The fraction of sp³-hybridized carbons (Fsp3) is 1.00. The summed E-state index contributed by atoms with van der Waals surface area (Å²) in [6.45, 7) is 4.69. The number of methoxy groups -OCH3 is 1. The van der Waals surface area contributed by atoms with Gasteiger partial charge in [-0.25, -0.2) is 0 Å². The van der Waals surface area contributed by atoms with Crippen molar-refractivity contribution in [1.29, 1.82) is 0 Å². The third-order valence-corrected chi connectivity index (χ3v) is 3.51. The van der Waals surface area contributed by atoms with Crippen molar-refractivity contribution >= 4 is 0 Å². The van der Waals surface area contributed by atoms with Gasteiger partial charge in [0.05, 0.1) is 12.2 Å². The van der Waals surface area contributed by atoms with Crippen molar-refractivity contribution in [2.45, 2.75) is 45.1 Å². The van der Waals surface area contributed by atoms with Gasteiger partial charge in [-0.1, -0.05) is 20.3 Å². The van der Waals surface area contributed by atoms with E-state index in [4.69, 9.17) is 4.74 Å². The number of ether oxygens (including phenoxy) is 1. The maximum absolute atomic E-state index is 9.32. The molecule has 0 amide bonds. The highest BCUT2D eigenvalue weighted by Gasteiger charge is 2.36. The molecule has 0 bridgehead atoms. The Kier molecular flexibility index (Phi) is 3.74. The van der Waals surface area contributed by atoms with Crippen LogP contribution in [0.15, 0.2) is 0 Å². The second-order valence-electron chi connectivity index (χ2n) is 4.65. The van der Waals surface area contributed by atoms with E-state index < -0.39 is 0 Å². The van der Waals surface area contributed by atoms with E-state index in [0.29, 0.717) is 5.92 Å². The van der Waals surface area contributed by atoms with Gasteiger partial charge in [0, 0.05) is 7.11 Å². The summed E-state index contributed by atoms with van der Waals surface area (Å²) in [6, 6.07) is 0. The van der Waals surface area contributed by atoms with E-state index >= 15 is 0 Å². The van der Waals surface area contributed by atoms with Crippen LogP contribution in [0.4, 0.5) is 0 Å². The van der Waals surface area contributed by atoms with Gasteiger partial charge in [0.2, 0.25) is 0 Å². The second-order valence-corrected chi connectivity index (χ2v) is 4.65. The van der Waals surface area contributed by atoms with Crippen LogP contribution in [0.2, 0.25) is 0 Å². The molecule has 1 aliphatic rings. The van der Waals surface area contributed by atoms with Crippen LogP contribution >= 0.6 is 0 Å². The average molecular weight is 186 g/mol. The molecule has 0 spiro atoms. The van der Waals surface area contributed by atoms with Crippen LogP contribution in [0, 0.1) is 11.8 Å². The largest absolute Gasteiger partial charge is 0.393 e. The summed E-state index contributed by atoms with van der Waals surface area (Å²) in [4.78, 5) is 0. The molecule has 0 aromatic heterocycles. The highest BCUT2D eigenvalue weighted by atomic mass is 16.5. The molecule has 13 heavy (non-hydrogen) atoms. The van der Waals surface area contributed by atoms with Gasteiger partial charge in [0.1, 0.15) is 0 Å². The van der Waals surface area contributed by atoms with E-state index in [1.54, 1.807) is 7.11 Å². The predicted molar refractivity (Wildman–Crippen MR) is 53.6 cm³/mol. The lowest BCUT2D eigenvalue weighted by Crippen LogP contribution is -2.41. The topological polar surface area (TPSA) is 29.5 Å². The first-order valence-electron chi connectivity index (χ1n) is 5.29. The molecule has 2 unspecified atom stereocenters. The van der Waals surface area contributed by atoms with Crippen molar-refractivity contribution in [3.8, 4) is 0 Å². The lowest BCUT2D eigenvalue weighted by molar-refractivity contribution is -0.0929. The zero-order chi connectivity index (χ0) is 9.90. The van der Waals surface area contributed by atoms with Gasteiger partial charge in [-0.2, -0.15) is 0 Å². The first-order valence-corrected chi connectivity index (χ1v) is 5.29. The van der Waals surface area contributed by atoms with Crippen LogP contribution in [0.25, 0.3) is 0 Å². The fourth-order valence-electron chi connectivity index (χ4n) is 2.33. The monoisotopic (exact) mass is 186 g/mol. The third kappa shape index (κ3) is 2.44. The fourth-order valence-corrected chi connectivity index (χ4v) is 2.33. The minimum absolute atomic E-state index is 0.173. The van der Waals surface area contributed by atoms with Crippen molar-refractivity contribution in [3.63, 3.8) is 0 Å². The first-order chi connectivity index (χ1) is 6.13. The van der Waals surface area contributed by atoms with E-state index in [-0.39, 0.29) is 12.2 Å². The molecule has 2 heteroatoms. The van der Waals surface area contributed by atoms with E-state index in [2.05, 4.69) is 13.8 Å². The first kappa shape index (κ1) is 11.0. The molecular weight excluding hydrogens is 164 g/mol. The Labute approximate surface area is 81.3 Å². The van der Waals surface area contributed by atoms with Gasteiger partial charge in [-0.15, -0.1) is 0 Å². The van der Waals surface area contributed by atoms with E-state index in [9.17, 15) is 5.11 Å². The van der Waals surface area contributed by atoms with Gasteiger partial charge >= 0.3 is 0 Å². The molecule has 0 saturated heterocycles. The summed E-state index contributed by atoms with van der Waals surface area (Å²) in [6.07, 6.45) is 4.53. The third-order valence-electron chi connectivity index (χ3n) is 3.51. The summed E-state index contributed by atoms with van der Waals surface area (Å²) >= 11 is 0. The summed E-state index contributed by atoms with van der Waals surface area (Å²) < 4.78 is 5.46. The molecule has 0 aromatic carbocycles. The maximum atomic E-state index is 9.32. The average Bonchev–Trinajstić information content (AvgIpc) is 2.18. The minimum Gasteiger partial charge on any atom is -0.393 e. The highest BCUT2D eigenvalue weighted by Crippen LogP contribution is 2.37. The quantitative estimate of drug-likeness (QED) is 0.732. The number of aliphatic hydroxyl groups excluding tert-OH is 1. The Bertz CT molecular complexity index is 150. The molecule has 2 nitrogen and oxygen atoms in total. The predicted octanol–water partition coefficient (Wildman–Crippen LogP) is 2.21. The van der Waals surface area contributed by atoms with Crippen molar-refractivity contribution < 1.29 is 9.84 Å². The molecular formula is C11H22O2. The van der Waals surface area contributed by atoms with Crippen LogP contribution in [-0.4, -0.2) is 24.4 Å². The lowest BCUT2D eigenvalue weighted by Gasteiger charge is -2.40. The van der Waals surface area contributed by atoms with E-state index in [1.807, 2.05) is 0 Å². The smallest absolute Gasteiger partial charge is 0.0911 e. The van der Waals surface area contributed by atoms with Gasteiger partial charge in [-0.3, -0.25) is 0 Å². The van der Waals surface area contributed by atoms with Crippen molar-refractivity contribution in [2.24, 2.45) is 11.8 Å². The lowest BCUT2D eigenvalue weighted by atomic mass is 9.74. The Morgan fingerprint density at radius 1 is 1.54 bits per heavy atom. The summed E-state index contributed by atoms with van der Waals surface area (Å²) in [5.41, 5.74) is -0.229. The Morgan fingerprint density at radius 2 is 2.23 bits per heavy atom. The summed E-state index contributed by atoms with van der Waals surface area (Å²) in [7, 11) is 1.72. The van der Waals surface area contributed by atoms with Crippen LogP contribution < -0.4 is 0 Å². The normalized spacial score (nSPS) is 35.3. The molecule has 0 radical (unpaired) electrons. The van der Waals surface area contributed by atoms with Gasteiger partial charge < -0.3 is 9.84 Å². The number of hydrogen-bond donors (Lipinski definition) is 1. The molecule has 1 rings (SSSR count). The van der Waals surface area contributed by atoms with E-state index in [0.717, 1.165) is 18.8 Å². The molecule has 0 heterocycles. The molecule has 1 fully saturated rings. The Balaban J connectivity index is 2.58. The highest BCUT2D eigenvalue weighted by molar-refractivity contribution is 4.88. The molecule has 0 aromatic rings. The molecule has 2 atom stereocenters. The molecule has 1 saturated carbocycles. The standard InChI is InChI=1S/C11H22O2/c1-9(2)10-5-4-6-11(7-10,8-12)13-3/h9-10,12H,4-8H2,1-3H3. The van der Waals surface area contributed by atoms with Gasteiger partial charge in [0.25, 0.3) is 0 Å². The number of hydrogen-bond acceptors (Lipinski definition) is 2. The van der Waals surface area contributed by atoms with Crippen molar-refractivity contribution in [1.82, 2.24) is 0 Å². The SMILES string of the molecule is COC1(CO)CCCC(C(C)C)C1. The zero-order valence-electron chi connectivity index (χ0n) is 9.05. The minimum atomic E-state index is -0.229. The Morgan fingerprint density at radius 3 is 2.69 bits per heavy atom. The molecule has 1 aliphatic carbocycles. The summed E-state index contributed by atoms with van der Waals surface area (Å²) in [5, 5.41) is 9.32. The van der Waals surface area contributed by atoms with Crippen LogP contribution in [0.5, 0.6) is 0 Å². The molecule has 0 aliphatic heterocycles. The summed E-state index contributed by atoms with van der Waals surface area (Å²) in [5.74, 6) is 1.43.